The molecule has 8 heteroatoms. The summed E-state index contributed by atoms with van der Waals surface area (Å²) in [6.45, 7) is 10.8. The Balaban J connectivity index is 1.49. The van der Waals surface area contributed by atoms with Crippen LogP contribution in [0, 0.1) is 22.7 Å². The molecule has 0 spiro atoms. The van der Waals surface area contributed by atoms with Crippen molar-refractivity contribution in [3.05, 3.63) is 33.4 Å². The number of benzene rings is 1. The van der Waals surface area contributed by atoms with Crippen LogP contribution in [0.5, 0.6) is 0 Å². The molecule has 0 aliphatic heterocycles. The van der Waals surface area contributed by atoms with Gasteiger partial charge in [-0.2, -0.15) is 10.4 Å². The molecule has 1 aromatic carbocycles. The number of nitriles is 1. The molecule has 0 radical (unpaired) electrons. The number of aromatic amines is 1. The van der Waals surface area contributed by atoms with Gasteiger partial charge < -0.3 is 9.72 Å². The topological polar surface area (TPSA) is 79.5 Å². The molecule has 0 saturated heterocycles. The second-order valence-electron chi connectivity index (χ2n) is 10.6. The van der Waals surface area contributed by atoms with Gasteiger partial charge in [0.25, 0.3) is 0 Å². The smallest absolute Gasteiger partial charge is 0.159 e. The van der Waals surface area contributed by atoms with Gasteiger partial charge in [0, 0.05) is 30.4 Å². The van der Waals surface area contributed by atoms with E-state index in [2.05, 4.69) is 58.2 Å². The van der Waals surface area contributed by atoms with Gasteiger partial charge in [-0.25, -0.2) is 9.67 Å². The lowest BCUT2D eigenvalue weighted by Gasteiger charge is -2.20. The van der Waals surface area contributed by atoms with E-state index in [0.29, 0.717) is 17.7 Å². The van der Waals surface area contributed by atoms with Crippen molar-refractivity contribution in [1.82, 2.24) is 19.7 Å². The molecule has 0 bridgehead atoms. The van der Waals surface area contributed by atoms with Crippen LogP contribution in [0.4, 0.5) is 0 Å². The van der Waals surface area contributed by atoms with E-state index in [0.717, 1.165) is 58.4 Å². The highest BCUT2D eigenvalue weighted by Crippen LogP contribution is 2.60. The van der Waals surface area contributed by atoms with Crippen molar-refractivity contribution in [1.29, 1.82) is 5.26 Å². The first-order chi connectivity index (χ1) is 14.7. The number of hydrogen-bond donors (Lipinski definition) is 1. The summed E-state index contributed by atoms with van der Waals surface area (Å²) >= 11 is 3.47. The van der Waals surface area contributed by atoms with Crippen LogP contribution >= 0.6 is 15.9 Å². The van der Waals surface area contributed by atoms with Crippen LogP contribution in [0.2, 0.25) is 25.7 Å². The van der Waals surface area contributed by atoms with Gasteiger partial charge in [-0.3, -0.25) is 0 Å². The predicted molar refractivity (Wildman–Crippen MR) is 127 cm³/mol. The standard InChI is InChI=1S/C23H28BrN5OSi/c1-23-10-15(23)8-16-20(11-23)29(13-30-5-6-31(2,3)4)28-21(16)22-26-18-7-14(12-25)17(24)9-19(18)27-22/h7,9,15H,5-6,8,10-11,13H2,1-4H3,(H,26,27)/t15-,23-/m1/s1. The van der Waals surface area contributed by atoms with Gasteiger partial charge in [0.1, 0.15) is 18.5 Å². The molecule has 162 valence electrons. The number of aromatic nitrogens is 4. The van der Waals surface area contributed by atoms with Gasteiger partial charge in [0.2, 0.25) is 0 Å². The summed E-state index contributed by atoms with van der Waals surface area (Å²) in [5, 5.41) is 14.3. The lowest BCUT2D eigenvalue weighted by atomic mass is 9.87. The van der Waals surface area contributed by atoms with E-state index in [9.17, 15) is 5.26 Å². The fraction of sp³-hybridized carbons (Fsp3) is 0.522. The van der Waals surface area contributed by atoms with Crippen molar-refractivity contribution in [2.45, 2.75) is 58.6 Å². The zero-order chi connectivity index (χ0) is 22.0. The fourth-order valence-corrected chi connectivity index (χ4v) is 5.86. The van der Waals surface area contributed by atoms with Crippen molar-refractivity contribution >= 4 is 35.0 Å². The van der Waals surface area contributed by atoms with E-state index in [1.165, 1.54) is 17.7 Å². The van der Waals surface area contributed by atoms with E-state index in [-0.39, 0.29) is 0 Å². The second-order valence-corrected chi connectivity index (χ2v) is 17.1. The van der Waals surface area contributed by atoms with Gasteiger partial charge in [-0.15, -0.1) is 0 Å². The number of rotatable bonds is 6. The Morgan fingerprint density at radius 3 is 2.94 bits per heavy atom. The second kappa shape index (κ2) is 7.29. The van der Waals surface area contributed by atoms with E-state index >= 15 is 0 Å². The first kappa shape index (κ1) is 20.9. The maximum absolute atomic E-state index is 9.33. The first-order valence-corrected chi connectivity index (χ1v) is 15.4. The molecule has 2 atom stereocenters. The molecule has 0 unspecified atom stereocenters. The monoisotopic (exact) mass is 497 g/mol. The third-order valence-corrected chi connectivity index (χ3v) is 9.21. The molecule has 1 N–H and O–H groups in total. The molecule has 2 aliphatic rings. The van der Waals surface area contributed by atoms with Gasteiger partial charge in [-0.1, -0.05) is 26.6 Å². The number of H-pyrrole nitrogens is 1. The van der Waals surface area contributed by atoms with E-state index < -0.39 is 8.07 Å². The SMILES string of the molecule is C[C@@]12Cc3c(c(-c4nc5cc(C#N)c(Br)cc5[nH]4)nn3COCC[Si](C)(C)C)C[C@@H]1C2. The number of ether oxygens (including phenoxy) is 1. The minimum atomic E-state index is -1.12. The Morgan fingerprint density at radius 1 is 1.39 bits per heavy atom. The van der Waals surface area contributed by atoms with Crippen molar-refractivity contribution in [2.24, 2.45) is 11.3 Å². The zero-order valence-corrected chi connectivity index (χ0v) is 21.1. The van der Waals surface area contributed by atoms with Crippen molar-refractivity contribution in [2.75, 3.05) is 6.61 Å². The maximum atomic E-state index is 9.33. The van der Waals surface area contributed by atoms with Crippen LogP contribution in [-0.4, -0.2) is 34.4 Å². The number of imidazole rings is 1. The van der Waals surface area contributed by atoms with Crippen LogP contribution < -0.4 is 0 Å². The van der Waals surface area contributed by atoms with E-state index in [1.54, 1.807) is 0 Å². The van der Waals surface area contributed by atoms with Crippen molar-refractivity contribution < 1.29 is 4.74 Å². The highest BCUT2D eigenvalue weighted by atomic mass is 79.9. The first-order valence-electron chi connectivity index (χ1n) is 10.9. The average Bonchev–Trinajstić information content (AvgIpc) is 3.01. The molecular weight excluding hydrogens is 470 g/mol. The van der Waals surface area contributed by atoms with Crippen molar-refractivity contribution in [3.63, 3.8) is 0 Å². The van der Waals surface area contributed by atoms with Gasteiger partial charge in [0.15, 0.2) is 5.82 Å². The quantitative estimate of drug-likeness (QED) is 0.360. The molecular formula is C23H28BrN5OSi. The molecule has 2 heterocycles. The average molecular weight is 499 g/mol. The number of hydrogen-bond acceptors (Lipinski definition) is 4. The number of halogens is 1. The molecule has 2 aliphatic carbocycles. The third kappa shape index (κ3) is 3.88. The highest BCUT2D eigenvalue weighted by Gasteiger charge is 2.54. The zero-order valence-electron chi connectivity index (χ0n) is 18.5. The Labute approximate surface area is 192 Å². The Morgan fingerprint density at radius 2 is 2.19 bits per heavy atom. The Hall–Kier alpha value is -1.95. The summed E-state index contributed by atoms with van der Waals surface area (Å²) < 4.78 is 8.90. The number of fused-ring (bicyclic) bond motifs is 3. The Bertz CT molecular complexity index is 1220. The van der Waals surface area contributed by atoms with Crippen LogP contribution in [0.3, 0.4) is 0 Å². The van der Waals surface area contributed by atoms with Crippen LogP contribution in [0.25, 0.3) is 22.6 Å². The molecule has 6 nitrogen and oxygen atoms in total. The largest absolute Gasteiger partial charge is 0.360 e. The van der Waals surface area contributed by atoms with Crippen LogP contribution in [0.15, 0.2) is 16.6 Å². The lowest BCUT2D eigenvalue weighted by Crippen LogP contribution is -2.23. The normalized spacial score (nSPS) is 22.3. The Kier molecular flexibility index (Phi) is 4.92. The molecule has 2 aromatic heterocycles. The summed E-state index contributed by atoms with van der Waals surface area (Å²) in [7, 11) is -1.12. The summed E-state index contributed by atoms with van der Waals surface area (Å²) in [6, 6.07) is 7.11. The van der Waals surface area contributed by atoms with Gasteiger partial charge >= 0.3 is 0 Å². The molecule has 5 rings (SSSR count). The molecule has 0 amide bonds. The van der Waals surface area contributed by atoms with Gasteiger partial charge in [0.05, 0.1) is 16.6 Å². The van der Waals surface area contributed by atoms with E-state index in [1.807, 2.05) is 12.1 Å². The summed E-state index contributed by atoms with van der Waals surface area (Å²) in [5.41, 5.74) is 6.25. The molecule has 1 fully saturated rings. The minimum Gasteiger partial charge on any atom is -0.360 e. The summed E-state index contributed by atoms with van der Waals surface area (Å²) in [4.78, 5) is 8.23. The van der Waals surface area contributed by atoms with E-state index in [4.69, 9.17) is 14.8 Å². The molecule has 1 saturated carbocycles. The molecule has 31 heavy (non-hydrogen) atoms. The fourth-order valence-electron chi connectivity index (χ4n) is 4.67. The lowest BCUT2D eigenvalue weighted by molar-refractivity contribution is 0.0757. The number of nitrogens with zero attached hydrogens (tertiary/aromatic N) is 4. The maximum Gasteiger partial charge on any atom is 0.159 e. The third-order valence-electron chi connectivity index (χ3n) is 6.85. The van der Waals surface area contributed by atoms with Crippen molar-refractivity contribution in [3.8, 4) is 17.6 Å². The predicted octanol–water partition coefficient (Wildman–Crippen LogP) is 5.50. The summed E-state index contributed by atoms with van der Waals surface area (Å²) in [6.07, 6.45) is 3.40. The van der Waals surface area contributed by atoms with Crippen LogP contribution in [0.1, 0.15) is 30.2 Å². The summed E-state index contributed by atoms with van der Waals surface area (Å²) in [5.74, 6) is 1.52. The van der Waals surface area contributed by atoms with Crippen LogP contribution in [-0.2, 0) is 24.3 Å². The highest BCUT2D eigenvalue weighted by molar-refractivity contribution is 9.10. The molecule has 3 aromatic rings. The van der Waals surface area contributed by atoms with Gasteiger partial charge in [-0.05, 0) is 64.7 Å². The minimum absolute atomic E-state index is 0.417. The number of nitrogens with one attached hydrogen (secondary N) is 1.